The van der Waals surface area contributed by atoms with Crippen molar-refractivity contribution in [2.45, 2.75) is 45.1 Å². The Morgan fingerprint density at radius 3 is 2.59 bits per heavy atom. The van der Waals surface area contributed by atoms with Crippen LogP contribution in [0.2, 0.25) is 0 Å². The van der Waals surface area contributed by atoms with Crippen molar-refractivity contribution in [1.29, 1.82) is 0 Å². The number of hydrogen-bond donors (Lipinski definition) is 2. The number of phenols is 2. The van der Waals surface area contributed by atoms with Crippen LogP contribution in [0.4, 0.5) is 0 Å². The third kappa shape index (κ3) is 5.98. The molecule has 0 aliphatic carbocycles. The maximum Gasteiger partial charge on any atom is 0.150 e. The lowest BCUT2D eigenvalue weighted by molar-refractivity contribution is 0.169. The molecule has 0 radical (unpaired) electrons. The predicted octanol–water partition coefficient (Wildman–Crippen LogP) is 5.65. The molecule has 0 saturated carbocycles. The molecule has 1 fully saturated rings. The van der Waals surface area contributed by atoms with E-state index in [1.807, 2.05) is 37.3 Å². The van der Waals surface area contributed by atoms with Crippen molar-refractivity contribution in [1.82, 2.24) is 4.90 Å². The van der Waals surface area contributed by atoms with Gasteiger partial charge in [-0.2, -0.15) is 0 Å². The molecule has 2 unspecified atom stereocenters. The monoisotopic (exact) mass is 548 g/mol. The van der Waals surface area contributed by atoms with E-state index in [1.54, 1.807) is 30.3 Å². The average Bonchev–Trinajstić information content (AvgIpc) is 3.34. The van der Waals surface area contributed by atoms with Gasteiger partial charge in [-0.25, -0.2) is 0 Å². The zero-order chi connectivity index (χ0) is 27.7. The number of aromatic hydroxyl groups is 2. The molecule has 206 valence electrons. The summed E-state index contributed by atoms with van der Waals surface area (Å²) >= 11 is -2.35. The Bertz CT molecular complexity index is 1400. The highest BCUT2D eigenvalue weighted by Crippen LogP contribution is 2.48. The molecule has 4 atom stereocenters. The molecule has 3 aromatic carbocycles. The van der Waals surface area contributed by atoms with Gasteiger partial charge in [-0.3, -0.25) is 9.11 Å². The van der Waals surface area contributed by atoms with E-state index in [0.717, 1.165) is 47.0 Å². The van der Waals surface area contributed by atoms with Gasteiger partial charge in [0.15, 0.2) is 0 Å². The number of hydrogen-bond acceptors (Lipinski definition) is 7. The average molecular weight is 549 g/mol. The first-order chi connectivity index (χ1) is 18.7. The Morgan fingerprint density at radius 1 is 1.15 bits per heavy atom. The first-order valence-electron chi connectivity index (χ1n) is 13.3. The fourth-order valence-electron chi connectivity index (χ4n) is 5.48. The van der Waals surface area contributed by atoms with Crippen LogP contribution < -0.4 is 9.47 Å². The fourth-order valence-corrected chi connectivity index (χ4v) is 5.96. The molecule has 2 heterocycles. The smallest absolute Gasteiger partial charge is 0.150 e. The summed E-state index contributed by atoms with van der Waals surface area (Å²) in [6, 6.07) is 18.3. The second-order valence-corrected chi connectivity index (χ2v) is 11.5. The maximum atomic E-state index is 11.3. The normalized spacial score (nSPS) is 20.8. The minimum absolute atomic E-state index is 0.103. The molecule has 1 saturated heterocycles. The Labute approximate surface area is 232 Å². The number of rotatable bonds is 8. The molecule has 2 aliphatic heterocycles. The van der Waals surface area contributed by atoms with Crippen LogP contribution in [0.3, 0.4) is 0 Å². The van der Waals surface area contributed by atoms with E-state index < -0.39 is 17.2 Å². The van der Waals surface area contributed by atoms with E-state index >= 15 is 0 Å². The molecule has 0 bridgehead atoms. The van der Waals surface area contributed by atoms with E-state index in [4.69, 9.17) is 9.47 Å². The summed E-state index contributed by atoms with van der Waals surface area (Å²) in [5.74, 6) is 1.72. The number of nitrogens with zero attached hydrogens (tertiary/aromatic N) is 1. The Balaban J connectivity index is 1.45. The van der Waals surface area contributed by atoms with Crippen molar-refractivity contribution in [2.24, 2.45) is 5.92 Å². The van der Waals surface area contributed by atoms with E-state index in [1.165, 1.54) is 6.42 Å². The minimum Gasteiger partial charge on any atom is -0.772 e. The van der Waals surface area contributed by atoms with Gasteiger partial charge < -0.3 is 24.2 Å². The lowest BCUT2D eigenvalue weighted by atomic mass is 9.85. The van der Waals surface area contributed by atoms with Gasteiger partial charge in [0.05, 0.1) is 0 Å². The van der Waals surface area contributed by atoms with Crippen molar-refractivity contribution in [3.8, 4) is 23.0 Å². The lowest BCUT2D eigenvalue weighted by Gasteiger charge is -2.32. The van der Waals surface area contributed by atoms with E-state index in [2.05, 4.69) is 18.7 Å². The zero-order valence-electron chi connectivity index (χ0n) is 22.4. The maximum absolute atomic E-state index is 11.3. The first kappa shape index (κ1) is 27.2. The van der Waals surface area contributed by atoms with Crippen LogP contribution in [-0.2, 0) is 16.8 Å². The predicted molar refractivity (Wildman–Crippen MR) is 151 cm³/mol. The first-order valence-corrected chi connectivity index (χ1v) is 14.5. The standard InChI is InChI=1S/C31H35NO6S/c1-19-11-12-32(16-19)20(2)17-37-26-9-7-22(8-10-26)31-30(23-5-4-6-25(33)13-23)21(3)27-15-28(34)24(18-39(35)36)14-29(27)38-31/h4-10,13-15,19-20,31,33-34H,11-12,16-18H2,1-3H3,(H,35,36)/p-1/t19-,20+,31?/m1/s1. The summed E-state index contributed by atoms with van der Waals surface area (Å²) in [5, 5.41) is 20.7. The highest BCUT2D eigenvalue weighted by Gasteiger charge is 2.31. The second-order valence-electron chi connectivity index (χ2n) is 10.6. The van der Waals surface area contributed by atoms with Gasteiger partial charge in [-0.15, -0.1) is 0 Å². The van der Waals surface area contributed by atoms with Crippen molar-refractivity contribution < 1.29 is 28.4 Å². The molecule has 0 spiro atoms. The van der Waals surface area contributed by atoms with Crippen molar-refractivity contribution >= 4 is 22.2 Å². The molecule has 2 aliphatic rings. The number of allylic oxidation sites excluding steroid dienone is 1. The van der Waals surface area contributed by atoms with Crippen molar-refractivity contribution in [2.75, 3.05) is 19.7 Å². The highest BCUT2D eigenvalue weighted by atomic mass is 32.2. The van der Waals surface area contributed by atoms with Gasteiger partial charge >= 0.3 is 0 Å². The highest BCUT2D eigenvalue weighted by molar-refractivity contribution is 7.78. The summed E-state index contributed by atoms with van der Waals surface area (Å²) in [4.78, 5) is 2.47. The molecular weight excluding hydrogens is 514 g/mol. The summed E-state index contributed by atoms with van der Waals surface area (Å²) in [7, 11) is 0. The van der Waals surface area contributed by atoms with Crippen LogP contribution in [0.5, 0.6) is 23.0 Å². The molecule has 8 heteroatoms. The summed E-state index contributed by atoms with van der Waals surface area (Å²) in [6.45, 7) is 9.25. The fraction of sp³-hybridized carbons (Fsp3) is 0.355. The molecule has 0 aromatic heterocycles. The van der Waals surface area contributed by atoms with Crippen molar-refractivity contribution in [3.63, 3.8) is 0 Å². The molecule has 39 heavy (non-hydrogen) atoms. The number of fused-ring (bicyclic) bond motifs is 1. The zero-order valence-corrected chi connectivity index (χ0v) is 23.2. The van der Waals surface area contributed by atoms with Crippen LogP contribution in [0, 0.1) is 5.92 Å². The summed E-state index contributed by atoms with van der Waals surface area (Å²) in [5.41, 5.74) is 4.34. The second kappa shape index (κ2) is 11.4. The number of ether oxygens (including phenoxy) is 2. The SMILES string of the molecule is CC1=C(c2cccc(O)c2)C(c2ccc(OC[C@H](C)N3CC[C@@H](C)C3)cc2)Oc2cc(CS(=O)[O-])c(O)cc21. The van der Waals surface area contributed by atoms with Gasteiger partial charge in [-0.1, -0.05) is 42.3 Å². The van der Waals surface area contributed by atoms with Gasteiger partial charge in [0.2, 0.25) is 0 Å². The van der Waals surface area contributed by atoms with Crippen molar-refractivity contribution in [3.05, 3.63) is 82.9 Å². The van der Waals surface area contributed by atoms with E-state index in [-0.39, 0.29) is 22.8 Å². The Kier molecular flexibility index (Phi) is 7.98. The minimum atomic E-state index is -2.35. The van der Waals surface area contributed by atoms with E-state index in [0.29, 0.717) is 24.0 Å². The molecular formula is C31H34NO6S-. The third-order valence-corrected chi connectivity index (χ3v) is 8.23. The van der Waals surface area contributed by atoms with Crippen LogP contribution in [-0.4, -0.2) is 49.6 Å². The number of phenolic OH excluding ortho intramolecular Hbond substituents is 2. The quantitative estimate of drug-likeness (QED) is 0.351. The van der Waals surface area contributed by atoms with Gasteiger partial charge in [-0.05, 0) is 85.8 Å². The van der Waals surface area contributed by atoms with Gasteiger partial charge in [0.1, 0.15) is 35.7 Å². The van der Waals surface area contributed by atoms with E-state index in [9.17, 15) is 19.0 Å². The van der Waals surface area contributed by atoms with Crippen LogP contribution in [0.15, 0.2) is 60.7 Å². The van der Waals surface area contributed by atoms with Crippen LogP contribution in [0.25, 0.3) is 11.1 Å². The topological polar surface area (TPSA) is 102 Å². The third-order valence-electron chi connectivity index (χ3n) is 7.68. The molecule has 3 aromatic rings. The van der Waals surface area contributed by atoms with Gasteiger partial charge in [0.25, 0.3) is 0 Å². The molecule has 2 N–H and O–H groups in total. The summed E-state index contributed by atoms with van der Waals surface area (Å²) < 4.78 is 35.3. The Morgan fingerprint density at radius 2 is 1.92 bits per heavy atom. The van der Waals surface area contributed by atoms with Gasteiger partial charge in [0, 0.05) is 35.0 Å². The number of benzene rings is 3. The largest absolute Gasteiger partial charge is 0.772 e. The Hall–Kier alpha value is -3.33. The molecule has 5 rings (SSSR count). The lowest BCUT2D eigenvalue weighted by Crippen LogP contribution is -2.35. The molecule has 7 nitrogen and oxygen atoms in total. The number of likely N-dealkylation sites (tertiary alicyclic amines) is 1. The van der Waals surface area contributed by atoms with Crippen LogP contribution in [0.1, 0.15) is 55.5 Å². The van der Waals surface area contributed by atoms with Crippen LogP contribution >= 0.6 is 0 Å². The summed E-state index contributed by atoms with van der Waals surface area (Å²) in [6.07, 6.45) is 0.710. The molecule has 0 amide bonds.